The maximum absolute atomic E-state index is 11.7. The summed E-state index contributed by atoms with van der Waals surface area (Å²) in [6.07, 6.45) is 0.549. The van der Waals surface area contributed by atoms with Crippen LogP contribution in [0.15, 0.2) is 18.2 Å². The number of hydrogen-bond acceptors (Lipinski definition) is 4. The number of hydrogen-bond donors (Lipinski definition) is 1. The molecule has 3 rings (SSSR count). The smallest absolute Gasteiger partial charge is 0.201 e. The maximum atomic E-state index is 11.7. The Morgan fingerprint density at radius 2 is 2.21 bits per heavy atom. The second-order valence-corrected chi connectivity index (χ2v) is 7.90. The van der Waals surface area contributed by atoms with Gasteiger partial charge in [-0.05, 0) is 31.5 Å². The van der Waals surface area contributed by atoms with Gasteiger partial charge in [-0.2, -0.15) is 0 Å². The molecule has 1 aliphatic heterocycles. The van der Waals surface area contributed by atoms with Crippen LogP contribution < -0.4 is 5.73 Å². The van der Waals surface area contributed by atoms with E-state index in [0.717, 1.165) is 5.52 Å². The Hall–Kier alpha value is -1.27. The maximum Gasteiger partial charge on any atom is 0.201 e. The third kappa shape index (κ3) is 1.99. The number of benzene rings is 1. The zero-order chi connectivity index (χ0) is 13.8. The van der Waals surface area contributed by atoms with Crippen LogP contribution in [-0.2, 0) is 15.4 Å². The summed E-state index contributed by atoms with van der Waals surface area (Å²) in [5, 5.41) is 0.585. The first-order valence-electron chi connectivity index (χ1n) is 5.95. The van der Waals surface area contributed by atoms with Crippen LogP contribution in [0.25, 0.3) is 11.0 Å². The Morgan fingerprint density at radius 3 is 2.84 bits per heavy atom. The van der Waals surface area contributed by atoms with Crippen molar-refractivity contribution in [3.8, 4) is 0 Å². The molecule has 19 heavy (non-hydrogen) atoms. The van der Waals surface area contributed by atoms with Gasteiger partial charge in [0.1, 0.15) is 0 Å². The molecule has 2 aromatic rings. The lowest BCUT2D eigenvalue weighted by Crippen LogP contribution is -2.32. The molecule has 102 valence electrons. The molecule has 1 aliphatic rings. The van der Waals surface area contributed by atoms with E-state index >= 15 is 0 Å². The monoisotopic (exact) mass is 299 g/mol. The number of fused-ring (bicyclic) bond motifs is 1. The van der Waals surface area contributed by atoms with E-state index in [9.17, 15) is 8.42 Å². The van der Waals surface area contributed by atoms with Crippen molar-refractivity contribution in [2.75, 3.05) is 17.2 Å². The first kappa shape index (κ1) is 12.7. The van der Waals surface area contributed by atoms with Gasteiger partial charge in [0.05, 0.1) is 28.1 Å². The van der Waals surface area contributed by atoms with Crippen molar-refractivity contribution in [3.05, 3.63) is 23.2 Å². The molecule has 0 radical (unpaired) electrons. The molecule has 1 saturated heterocycles. The van der Waals surface area contributed by atoms with Crippen molar-refractivity contribution in [1.29, 1.82) is 0 Å². The van der Waals surface area contributed by atoms with E-state index in [1.165, 1.54) is 0 Å². The largest absolute Gasteiger partial charge is 0.369 e. The lowest BCUT2D eigenvalue weighted by Gasteiger charge is -2.26. The quantitative estimate of drug-likeness (QED) is 0.871. The molecule has 0 spiro atoms. The first-order chi connectivity index (χ1) is 8.81. The molecule has 2 heterocycles. The zero-order valence-electron chi connectivity index (χ0n) is 10.4. The van der Waals surface area contributed by atoms with Crippen LogP contribution in [0.1, 0.15) is 13.3 Å². The molecule has 1 fully saturated rings. The summed E-state index contributed by atoms with van der Waals surface area (Å²) in [6, 6.07) is 5.32. The number of anilines is 1. The van der Waals surface area contributed by atoms with Gasteiger partial charge >= 0.3 is 0 Å². The lowest BCUT2D eigenvalue weighted by molar-refractivity contribution is 0.381. The number of nitrogens with two attached hydrogens (primary N) is 1. The molecular weight excluding hydrogens is 286 g/mol. The number of sulfone groups is 1. The molecule has 0 amide bonds. The van der Waals surface area contributed by atoms with Crippen molar-refractivity contribution in [2.24, 2.45) is 0 Å². The van der Waals surface area contributed by atoms with Crippen molar-refractivity contribution >= 4 is 38.4 Å². The highest BCUT2D eigenvalue weighted by atomic mass is 35.5. The van der Waals surface area contributed by atoms with Gasteiger partial charge in [0.15, 0.2) is 9.84 Å². The van der Waals surface area contributed by atoms with E-state index in [1.54, 1.807) is 12.1 Å². The van der Waals surface area contributed by atoms with Gasteiger partial charge < -0.3 is 10.3 Å². The standard InChI is InChI=1S/C12H14ClN3O2S/c1-12(4-5-19(17,18)7-12)16-10-3-2-8(13)6-9(10)15-11(16)14/h2-3,6H,4-5,7H2,1H3,(H2,14,15). The molecule has 0 aliphatic carbocycles. The normalized spacial score (nSPS) is 26.0. The summed E-state index contributed by atoms with van der Waals surface area (Å²) < 4.78 is 25.3. The highest BCUT2D eigenvalue weighted by molar-refractivity contribution is 7.91. The van der Waals surface area contributed by atoms with Gasteiger partial charge in [-0.1, -0.05) is 11.6 Å². The van der Waals surface area contributed by atoms with Crippen molar-refractivity contribution in [1.82, 2.24) is 9.55 Å². The predicted octanol–water partition coefficient (Wildman–Crippen LogP) is 1.81. The molecule has 2 N–H and O–H groups in total. The number of aromatic nitrogens is 2. The van der Waals surface area contributed by atoms with E-state index in [1.807, 2.05) is 17.6 Å². The number of nitrogen functional groups attached to an aromatic ring is 1. The van der Waals surface area contributed by atoms with E-state index in [0.29, 0.717) is 22.9 Å². The van der Waals surface area contributed by atoms with E-state index in [2.05, 4.69) is 4.98 Å². The fourth-order valence-corrected chi connectivity index (χ4v) is 5.09. The van der Waals surface area contributed by atoms with Gasteiger partial charge in [0.25, 0.3) is 0 Å². The Bertz CT molecular complexity index is 769. The topological polar surface area (TPSA) is 78.0 Å². The molecule has 5 nitrogen and oxygen atoms in total. The second kappa shape index (κ2) is 3.86. The summed E-state index contributed by atoms with van der Waals surface area (Å²) in [5.74, 6) is 0.617. The van der Waals surface area contributed by atoms with Crippen molar-refractivity contribution in [3.63, 3.8) is 0 Å². The average molecular weight is 300 g/mol. The van der Waals surface area contributed by atoms with E-state index in [4.69, 9.17) is 17.3 Å². The van der Waals surface area contributed by atoms with Crippen LogP contribution >= 0.6 is 11.6 Å². The lowest BCUT2D eigenvalue weighted by atomic mass is 10.0. The number of nitrogens with zero attached hydrogens (tertiary/aromatic N) is 2. The number of halogens is 1. The van der Waals surface area contributed by atoms with E-state index < -0.39 is 15.4 Å². The highest BCUT2D eigenvalue weighted by Crippen LogP contribution is 2.36. The van der Waals surface area contributed by atoms with Gasteiger partial charge in [0.2, 0.25) is 5.95 Å². The van der Waals surface area contributed by atoms with Crippen molar-refractivity contribution in [2.45, 2.75) is 18.9 Å². The first-order valence-corrected chi connectivity index (χ1v) is 8.15. The molecule has 1 aromatic carbocycles. The molecule has 0 saturated carbocycles. The van der Waals surface area contributed by atoms with Crippen LogP contribution in [-0.4, -0.2) is 29.5 Å². The highest BCUT2D eigenvalue weighted by Gasteiger charge is 2.41. The summed E-state index contributed by atoms with van der Waals surface area (Å²) in [6.45, 7) is 1.91. The Kier molecular flexibility index (Phi) is 2.59. The second-order valence-electron chi connectivity index (χ2n) is 5.28. The molecule has 1 atom stereocenters. The summed E-state index contributed by atoms with van der Waals surface area (Å²) in [4.78, 5) is 4.27. The van der Waals surface area contributed by atoms with Crippen LogP contribution in [0.5, 0.6) is 0 Å². The molecule has 0 bridgehead atoms. The Labute approximate surface area is 116 Å². The minimum atomic E-state index is -3.00. The molecule has 7 heteroatoms. The van der Waals surface area contributed by atoms with Gasteiger partial charge in [-0.3, -0.25) is 0 Å². The van der Waals surface area contributed by atoms with Crippen LogP contribution in [0, 0.1) is 0 Å². The summed E-state index contributed by atoms with van der Waals surface area (Å²) in [5.41, 5.74) is 6.95. The minimum absolute atomic E-state index is 0.0955. The van der Waals surface area contributed by atoms with Crippen LogP contribution in [0.2, 0.25) is 5.02 Å². The molecule has 1 aromatic heterocycles. The van der Waals surface area contributed by atoms with Gasteiger partial charge in [-0.25, -0.2) is 13.4 Å². The molecular formula is C12H14ClN3O2S. The van der Waals surface area contributed by atoms with Gasteiger partial charge in [-0.15, -0.1) is 0 Å². The third-order valence-corrected chi connectivity index (χ3v) is 5.79. The number of imidazole rings is 1. The summed E-state index contributed by atoms with van der Waals surface area (Å²) >= 11 is 5.93. The van der Waals surface area contributed by atoms with Crippen molar-refractivity contribution < 1.29 is 8.42 Å². The fourth-order valence-electron chi connectivity index (χ4n) is 2.81. The fraction of sp³-hybridized carbons (Fsp3) is 0.417. The average Bonchev–Trinajstić information content (AvgIpc) is 2.75. The van der Waals surface area contributed by atoms with Crippen LogP contribution in [0.4, 0.5) is 5.95 Å². The Morgan fingerprint density at radius 1 is 1.47 bits per heavy atom. The Balaban J connectivity index is 2.23. The minimum Gasteiger partial charge on any atom is -0.369 e. The zero-order valence-corrected chi connectivity index (χ0v) is 12.0. The molecule has 1 unspecified atom stereocenters. The SMILES string of the molecule is CC1(n2c(N)nc3cc(Cl)ccc32)CCS(=O)(=O)C1. The predicted molar refractivity (Wildman–Crippen MR) is 76.1 cm³/mol. The van der Waals surface area contributed by atoms with Crippen LogP contribution in [0.3, 0.4) is 0 Å². The summed E-state index contributed by atoms with van der Waals surface area (Å²) in [7, 11) is -3.00. The van der Waals surface area contributed by atoms with Gasteiger partial charge in [0, 0.05) is 5.02 Å². The van der Waals surface area contributed by atoms with E-state index in [-0.39, 0.29) is 11.5 Å². The third-order valence-electron chi connectivity index (χ3n) is 3.66. The number of rotatable bonds is 1.